The first-order valence-corrected chi connectivity index (χ1v) is 10.7. The molecule has 0 saturated heterocycles. The third kappa shape index (κ3) is 5.27. The first kappa shape index (κ1) is 22.4. The zero-order valence-corrected chi connectivity index (χ0v) is 19.1. The van der Waals surface area contributed by atoms with Crippen molar-refractivity contribution >= 4 is 29.2 Å². The summed E-state index contributed by atoms with van der Waals surface area (Å²) >= 11 is 1.48. The van der Waals surface area contributed by atoms with Gasteiger partial charge in [0, 0.05) is 55.1 Å². The summed E-state index contributed by atoms with van der Waals surface area (Å²) < 4.78 is 10.7. The lowest BCUT2D eigenvalue weighted by atomic mass is 10.2. The van der Waals surface area contributed by atoms with E-state index in [2.05, 4.69) is 15.3 Å². The highest BCUT2D eigenvalue weighted by molar-refractivity contribution is 7.98. The summed E-state index contributed by atoms with van der Waals surface area (Å²) in [6.07, 6.45) is 3.37. The van der Waals surface area contributed by atoms with E-state index in [1.54, 1.807) is 44.8 Å². The van der Waals surface area contributed by atoms with E-state index in [4.69, 9.17) is 9.47 Å². The molecule has 1 aromatic carbocycles. The molecule has 0 spiro atoms. The molecule has 2 aromatic heterocycles. The predicted molar refractivity (Wildman–Crippen MR) is 125 cm³/mol. The highest BCUT2D eigenvalue weighted by Crippen LogP contribution is 2.32. The van der Waals surface area contributed by atoms with E-state index in [0.717, 1.165) is 34.1 Å². The van der Waals surface area contributed by atoms with Crippen LogP contribution >= 0.6 is 11.8 Å². The van der Waals surface area contributed by atoms with Gasteiger partial charge in [0.15, 0.2) is 0 Å². The summed E-state index contributed by atoms with van der Waals surface area (Å²) in [5, 5.41) is 3.65. The molecule has 1 amide bonds. The van der Waals surface area contributed by atoms with Crippen molar-refractivity contribution in [2.24, 2.45) is 0 Å². The van der Waals surface area contributed by atoms with Crippen LogP contribution < -0.4 is 19.7 Å². The number of ether oxygens (including phenoxy) is 2. The maximum Gasteiger partial charge on any atom is 0.258 e. The summed E-state index contributed by atoms with van der Waals surface area (Å²) in [5.74, 6) is 2.66. The second-order valence-corrected chi connectivity index (χ2v) is 7.94. The van der Waals surface area contributed by atoms with Gasteiger partial charge < -0.3 is 19.7 Å². The molecule has 0 fully saturated rings. The Morgan fingerprint density at radius 1 is 1.10 bits per heavy atom. The molecule has 0 unspecified atom stereocenters. The van der Waals surface area contributed by atoms with Gasteiger partial charge in [-0.1, -0.05) is 6.07 Å². The lowest BCUT2D eigenvalue weighted by molar-refractivity contribution is 0.102. The molecule has 0 saturated carbocycles. The molecule has 0 aliphatic heterocycles. The molecule has 8 heteroatoms. The fourth-order valence-electron chi connectivity index (χ4n) is 3.10. The SMILES string of the molecule is COc1ccc(CSc2ncccc2C(=O)Nc2ccnc(N(C)C)c2C)c(OC)c1. The van der Waals surface area contributed by atoms with Gasteiger partial charge in [-0.15, -0.1) is 11.8 Å². The Labute approximate surface area is 186 Å². The van der Waals surface area contributed by atoms with Crippen LogP contribution in [0.3, 0.4) is 0 Å². The minimum Gasteiger partial charge on any atom is -0.497 e. The van der Waals surface area contributed by atoms with Crippen LogP contribution in [-0.2, 0) is 5.75 Å². The Kier molecular flexibility index (Phi) is 7.36. The van der Waals surface area contributed by atoms with Crippen LogP contribution in [0.4, 0.5) is 11.5 Å². The molecule has 0 radical (unpaired) electrons. The fourth-order valence-corrected chi connectivity index (χ4v) is 4.08. The molecule has 2 heterocycles. The van der Waals surface area contributed by atoms with Gasteiger partial charge in [0.1, 0.15) is 22.3 Å². The number of nitrogens with zero attached hydrogens (tertiary/aromatic N) is 3. The van der Waals surface area contributed by atoms with E-state index in [1.807, 2.05) is 44.1 Å². The smallest absolute Gasteiger partial charge is 0.258 e. The Morgan fingerprint density at radius 2 is 1.90 bits per heavy atom. The van der Waals surface area contributed by atoms with Crippen LogP contribution in [-0.4, -0.2) is 44.2 Å². The van der Waals surface area contributed by atoms with Crippen molar-refractivity contribution in [2.75, 3.05) is 38.5 Å². The molecule has 3 rings (SSSR count). The first-order chi connectivity index (χ1) is 14.9. The van der Waals surface area contributed by atoms with E-state index in [1.165, 1.54) is 11.8 Å². The second-order valence-electron chi connectivity index (χ2n) is 6.98. The molecule has 0 aliphatic carbocycles. The summed E-state index contributed by atoms with van der Waals surface area (Å²) in [7, 11) is 7.09. The first-order valence-electron chi connectivity index (χ1n) is 9.67. The highest BCUT2D eigenvalue weighted by atomic mass is 32.2. The molecule has 0 bridgehead atoms. The number of carbonyl (C=O) groups excluding carboxylic acids is 1. The number of rotatable bonds is 8. The molecule has 162 valence electrons. The van der Waals surface area contributed by atoms with Crippen molar-refractivity contribution < 1.29 is 14.3 Å². The largest absolute Gasteiger partial charge is 0.497 e. The Morgan fingerprint density at radius 3 is 2.61 bits per heavy atom. The van der Waals surface area contributed by atoms with Crippen molar-refractivity contribution in [2.45, 2.75) is 17.7 Å². The lowest BCUT2D eigenvalue weighted by Gasteiger charge is -2.17. The summed E-state index contributed by atoms with van der Waals surface area (Å²) in [6.45, 7) is 1.94. The molecular formula is C23H26N4O3S. The predicted octanol–water partition coefficient (Wildman–Crippen LogP) is 4.41. The van der Waals surface area contributed by atoms with Crippen molar-refractivity contribution in [3.8, 4) is 11.5 Å². The van der Waals surface area contributed by atoms with Crippen LogP contribution in [0.1, 0.15) is 21.5 Å². The normalized spacial score (nSPS) is 10.5. The number of hydrogen-bond donors (Lipinski definition) is 1. The molecule has 3 aromatic rings. The van der Waals surface area contributed by atoms with Gasteiger partial charge in [-0.2, -0.15) is 0 Å². The van der Waals surface area contributed by atoms with Crippen LogP contribution in [0.2, 0.25) is 0 Å². The zero-order chi connectivity index (χ0) is 22.4. The van der Waals surface area contributed by atoms with Crippen molar-refractivity contribution in [1.29, 1.82) is 0 Å². The number of amides is 1. The van der Waals surface area contributed by atoms with E-state index < -0.39 is 0 Å². The van der Waals surface area contributed by atoms with Crippen molar-refractivity contribution in [1.82, 2.24) is 9.97 Å². The topological polar surface area (TPSA) is 76.6 Å². The number of aromatic nitrogens is 2. The lowest BCUT2D eigenvalue weighted by Crippen LogP contribution is -2.17. The van der Waals surface area contributed by atoms with E-state index in [0.29, 0.717) is 16.3 Å². The van der Waals surface area contributed by atoms with Gasteiger partial charge in [0.05, 0.1) is 19.8 Å². The van der Waals surface area contributed by atoms with E-state index >= 15 is 0 Å². The van der Waals surface area contributed by atoms with Crippen LogP contribution in [0.5, 0.6) is 11.5 Å². The van der Waals surface area contributed by atoms with Gasteiger partial charge in [-0.05, 0) is 31.2 Å². The van der Waals surface area contributed by atoms with Gasteiger partial charge in [-0.3, -0.25) is 4.79 Å². The standard InChI is InChI=1S/C23H26N4O3S/c1-15-19(10-12-24-21(15)27(2)3)26-22(28)18-7-6-11-25-23(18)31-14-16-8-9-17(29-4)13-20(16)30-5/h6-13H,14H2,1-5H3,(H,24,26,28). The maximum absolute atomic E-state index is 13.0. The number of pyridine rings is 2. The molecule has 0 atom stereocenters. The third-order valence-electron chi connectivity index (χ3n) is 4.72. The van der Waals surface area contributed by atoms with Crippen LogP contribution in [0.25, 0.3) is 0 Å². The number of nitrogens with one attached hydrogen (secondary N) is 1. The number of benzene rings is 1. The van der Waals surface area contributed by atoms with Crippen LogP contribution in [0.15, 0.2) is 53.8 Å². The number of anilines is 2. The monoisotopic (exact) mass is 438 g/mol. The fraction of sp³-hybridized carbons (Fsp3) is 0.261. The molecule has 7 nitrogen and oxygen atoms in total. The third-order valence-corrected chi connectivity index (χ3v) is 5.78. The average molecular weight is 439 g/mol. The number of carbonyl (C=O) groups is 1. The quantitative estimate of drug-likeness (QED) is 0.522. The Hall–Kier alpha value is -3.26. The van der Waals surface area contributed by atoms with Crippen LogP contribution in [0, 0.1) is 6.92 Å². The maximum atomic E-state index is 13.0. The summed E-state index contributed by atoms with van der Waals surface area (Å²) in [4.78, 5) is 23.8. The van der Waals surface area contributed by atoms with E-state index in [-0.39, 0.29) is 5.91 Å². The molecule has 0 aliphatic rings. The Bertz CT molecular complexity index is 1070. The highest BCUT2D eigenvalue weighted by Gasteiger charge is 2.16. The zero-order valence-electron chi connectivity index (χ0n) is 18.3. The van der Waals surface area contributed by atoms with Crippen molar-refractivity contribution in [3.05, 3.63) is 65.5 Å². The van der Waals surface area contributed by atoms with Gasteiger partial charge in [-0.25, -0.2) is 9.97 Å². The minimum atomic E-state index is -0.212. The van der Waals surface area contributed by atoms with Gasteiger partial charge in [0.2, 0.25) is 0 Å². The molecular weight excluding hydrogens is 412 g/mol. The summed E-state index contributed by atoms with van der Waals surface area (Å²) in [6, 6.07) is 11.0. The molecule has 31 heavy (non-hydrogen) atoms. The van der Waals surface area contributed by atoms with Gasteiger partial charge >= 0.3 is 0 Å². The number of methoxy groups -OCH3 is 2. The second kappa shape index (κ2) is 10.2. The van der Waals surface area contributed by atoms with E-state index in [9.17, 15) is 4.79 Å². The minimum absolute atomic E-state index is 0.212. The summed E-state index contributed by atoms with van der Waals surface area (Å²) in [5.41, 5.74) is 3.13. The number of hydrogen-bond acceptors (Lipinski definition) is 7. The Balaban J connectivity index is 1.80. The number of thioether (sulfide) groups is 1. The van der Waals surface area contributed by atoms with Crippen molar-refractivity contribution in [3.63, 3.8) is 0 Å². The molecule has 1 N–H and O–H groups in total. The average Bonchev–Trinajstić information content (AvgIpc) is 2.78. The van der Waals surface area contributed by atoms with Gasteiger partial charge in [0.25, 0.3) is 5.91 Å².